The minimum Gasteiger partial charge on any atom is -0.375 e. The predicted molar refractivity (Wildman–Crippen MR) is 55.4 cm³/mol. The number of anilines is 1. The summed E-state index contributed by atoms with van der Waals surface area (Å²) in [6.07, 6.45) is 0. The minimum atomic E-state index is -3.73. The van der Waals surface area contributed by atoms with Gasteiger partial charge in [-0.05, 0) is 12.1 Å². The molecule has 0 aliphatic heterocycles. The normalized spacial score (nSPS) is 12.1. The SMILES string of the molecule is Nc1nc2c(S(N)(=O)=O)cccc2s1. The third-order valence-electron chi connectivity index (χ3n) is 1.71. The molecule has 7 heteroatoms. The summed E-state index contributed by atoms with van der Waals surface area (Å²) < 4.78 is 23.0. The number of nitrogens with zero attached hydrogens (tertiary/aromatic N) is 1. The molecule has 0 aliphatic rings. The monoisotopic (exact) mass is 229 g/mol. The molecule has 1 heterocycles. The van der Waals surface area contributed by atoms with Gasteiger partial charge in [-0.1, -0.05) is 17.4 Å². The minimum absolute atomic E-state index is 0.0166. The van der Waals surface area contributed by atoms with Crippen LogP contribution in [0.4, 0.5) is 5.13 Å². The molecule has 74 valence electrons. The van der Waals surface area contributed by atoms with Crippen molar-refractivity contribution in [2.24, 2.45) is 5.14 Å². The maximum atomic E-state index is 11.2. The van der Waals surface area contributed by atoms with Gasteiger partial charge >= 0.3 is 0 Å². The summed E-state index contributed by atoms with van der Waals surface area (Å²) in [5.41, 5.74) is 5.82. The van der Waals surface area contributed by atoms with Gasteiger partial charge in [-0.15, -0.1) is 0 Å². The van der Waals surface area contributed by atoms with E-state index in [1.54, 1.807) is 12.1 Å². The van der Waals surface area contributed by atoms with E-state index < -0.39 is 10.0 Å². The van der Waals surface area contributed by atoms with Crippen molar-refractivity contribution in [2.45, 2.75) is 4.90 Å². The Morgan fingerprint density at radius 2 is 2.07 bits per heavy atom. The van der Waals surface area contributed by atoms with Crippen LogP contribution in [0.15, 0.2) is 23.1 Å². The Kier molecular flexibility index (Phi) is 1.95. The van der Waals surface area contributed by atoms with E-state index in [-0.39, 0.29) is 4.90 Å². The zero-order valence-corrected chi connectivity index (χ0v) is 8.60. The van der Waals surface area contributed by atoms with E-state index in [1.165, 1.54) is 17.4 Å². The number of hydrogen-bond donors (Lipinski definition) is 2. The summed E-state index contributed by atoms with van der Waals surface area (Å²) in [7, 11) is -3.73. The second kappa shape index (κ2) is 2.91. The van der Waals surface area contributed by atoms with Crippen LogP contribution in [0, 0.1) is 0 Å². The van der Waals surface area contributed by atoms with Crippen molar-refractivity contribution in [3.8, 4) is 0 Å². The average Bonchev–Trinajstić information content (AvgIpc) is 2.41. The number of hydrogen-bond acceptors (Lipinski definition) is 5. The fourth-order valence-corrected chi connectivity index (χ4v) is 2.69. The maximum Gasteiger partial charge on any atom is 0.240 e. The van der Waals surface area contributed by atoms with Gasteiger partial charge < -0.3 is 5.73 Å². The van der Waals surface area contributed by atoms with E-state index in [0.717, 1.165) is 0 Å². The Balaban J connectivity index is 2.90. The molecule has 0 saturated heterocycles. The molecule has 0 saturated carbocycles. The van der Waals surface area contributed by atoms with Crippen LogP contribution in [0.3, 0.4) is 0 Å². The van der Waals surface area contributed by atoms with Crippen LogP contribution in [0.25, 0.3) is 10.2 Å². The van der Waals surface area contributed by atoms with Crippen molar-refractivity contribution >= 4 is 36.7 Å². The highest BCUT2D eigenvalue weighted by atomic mass is 32.2. The van der Waals surface area contributed by atoms with Crippen LogP contribution in [0.1, 0.15) is 0 Å². The molecular weight excluding hydrogens is 222 g/mol. The number of thiazole rings is 1. The highest BCUT2D eigenvalue weighted by Gasteiger charge is 2.14. The highest BCUT2D eigenvalue weighted by molar-refractivity contribution is 7.89. The third kappa shape index (κ3) is 1.45. The number of rotatable bonds is 1. The van der Waals surface area contributed by atoms with Gasteiger partial charge in [0.15, 0.2) is 5.13 Å². The van der Waals surface area contributed by atoms with Gasteiger partial charge in [-0.3, -0.25) is 0 Å². The summed E-state index contributed by atoms with van der Waals surface area (Å²) in [6.45, 7) is 0. The molecule has 0 fully saturated rings. The highest BCUT2D eigenvalue weighted by Crippen LogP contribution is 2.27. The molecule has 1 aromatic heterocycles. The summed E-state index contributed by atoms with van der Waals surface area (Å²) in [6, 6.07) is 4.77. The summed E-state index contributed by atoms with van der Waals surface area (Å²) in [4.78, 5) is 3.93. The largest absolute Gasteiger partial charge is 0.375 e. The molecule has 0 amide bonds. The van der Waals surface area contributed by atoms with Crippen LogP contribution in [-0.4, -0.2) is 13.4 Å². The molecule has 0 spiro atoms. The molecular formula is C7H7N3O2S2. The molecule has 0 bridgehead atoms. The van der Waals surface area contributed by atoms with Gasteiger partial charge in [0.2, 0.25) is 10.0 Å². The predicted octanol–water partition coefficient (Wildman–Crippen LogP) is 0.526. The van der Waals surface area contributed by atoms with Crippen LogP contribution >= 0.6 is 11.3 Å². The van der Waals surface area contributed by atoms with Crippen LogP contribution in [0.5, 0.6) is 0 Å². The average molecular weight is 229 g/mol. The fraction of sp³-hybridized carbons (Fsp3) is 0. The van der Waals surface area contributed by atoms with Crippen molar-refractivity contribution in [2.75, 3.05) is 5.73 Å². The molecule has 2 aromatic rings. The fourth-order valence-electron chi connectivity index (χ4n) is 1.17. The van der Waals surface area contributed by atoms with Crippen molar-refractivity contribution in [1.82, 2.24) is 4.98 Å². The van der Waals surface area contributed by atoms with Crippen LogP contribution < -0.4 is 10.9 Å². The first kappa shape index (κ1) is 9.38. The Labute approximate surface area is 84.4 Å². The van der Waals surface area contributed by atoms with Crippen molar-refractivity contribution in [3.05, 3.63) is 18.2 Å². The molecule has 0 unspecified atom stereocenters. The van der Waals surface area contributed by atoms with E-state index in [9.17, 15) is 8.42 Å². The first-order valence-corrected chi connectivity index (χ1v) is 6.02. The Morgan fingerprint density at radius 3 is 2.71 bits per heavy atom. The number of aromatic nitrogens is 1. The van der Waals surface area contributed by atoms with Crippen molar-refractivity contribution in [1.29, 1.82) is 0 Å². The van der Waals surface area contributed by atoms with Crippen molar-refractivity contribution < 1.29 is 8.42 Å². The molecule has 2 rings (SSSR count). The number of nitrogens with two attached hydrogens (primary N) is 2. The van der Waals surface area contributed by atoms with Crippen LogP contribution in [0.2, 0.25) is 0 Å². The maximum absolute atomic E-state index is 11.2. The number of primary sulfonamides is 1. The number of sulfonamides is 1. The smallest absolute Gasteiger partial charge is 0.240 e. The van der Waals surface area contributed by atoms with E-state index in [1.807, 2.05) is 0 Å². The molecule has 0 radical (unpaired) electrons. The molecule has 1 aromatic carbocycles. The topological polar surface area (TPSA) is 99.1 Å². The summed E-state index contributed by atoms with van der Waals surface area (Å²) >= 11 is 1.23. The van der Waals surface area contributed by atoms with E-state index >= 15 is 0 Å². The first-order valence-electron chi connectivity index (χ1n) is 3.66. The zero-order chi connectivity index (χ0) is 10.3. The number of fused-ring (bicyclic) bond motifs is 1. The van der Waals surface area contributed by atoms with Gasteiger partial charge in [0.05, 0.1) is 4.70 Å². The molecule has 5 nitrogen and oxygen atoms in total. The lowest BCUT2D eigenvalue weighted by atomic mass is 10.3. The van der Waals surface area contributed by atoms with Gasteiger partial charge in [-0.2, -0.15) is 0 Å². The Hall–Kier alpha value is -1.18. The Bertz CT molecular complexity index is 588. The number of nitrogen functional groups attached to an aromatic ring is 1. The zero-order valence-electron chi connectivity index (χ0n) is 6.97. The first-order chi connectivity index (χ1) is 6.48. The summed E-state index contributed by atoms with van der Waals surface area (Å²) in [5.74, 6) is 0. The second-order valence-electron chi connectivity index (χ2n) is 2.70. The van der Waals surface area contributed by atoms with Gasteiger partial charge in [0.1, 0.15) is 10.4 Å². The molecule has 4 N–H and O–H groups in total. The molecule has 14 heavy (non-hydrogen) atoms. The Morgan fingerprint density at radius 1 is 1.36 bits per heavy atom. The van der Waals surface area contributed by atoms with Gasteiger partial charge in [0, 0.05) is 0 Å². The summed E-state index contributed by atoms with van der Waals surface area (Å²) in [5, 5.41) is 5.36. The second-order valence-corrected chi connectivity index (χ2v) is 5.29. The standard InChI is InChI=1S/C7H7N3O2S2/c8-7-10-6-4(13-7)2-1-3-5(6)14(9,11)12/h1-3H,(H2,8,10)(H2,9,11,12). The van der Waals surface area contributed by atoms with E-state index in [4.69, 9.17) is 10.9 Å². The number of benzene rings is 1. The third-order valence-corrected chi connectivity index (χ3v) is 3.50. The van der Waals surface area contributed by atoms with E-state index in [2.05, 4.69) is 4.98 Å². The lowest BCUT2D eigenvalue weighted by Gasteiger charge is -1.97. The van der Waals surface area contributed by atoms with Crippen molar-refractivity contribution in [3.63, 3.8) is 0 Å². The van der Waals surface area contributed by atoms with Gasteiger partial charge in [0.25, 0.3) is 0 Å². The van der Waals surface area contributed by atoms with Crippen LogP contribution in [-0.2, 0) is 10.0 Å². The lowest BCUT2D eigenvalue weighted by Crippen LogP contribution is -2.12. The number of para-hydroxylation sites is 1. The molecule has 0 atom stereocenters. The lowest BCUT2D eigenvalue weighted by molar-refractivity contribution is 0.598. The van der Waals surface area contributed by atoms with Gasteiger partial charge in [-0.25, -0.2) is 18.5 Å². The molecule has 0 aliphatic carbocycles. The van der Waals surface area contributed by atoms with E-state index in [0.29, 0.717) is 15.3 Å². The quantitative estimate of drug-likeness (QED) is 0.744.